The van der Waals surface area contributed by atoms with Crippen LogP contribution in [0.4, 0.5) is 0 Å². The van der Waals surface area contributed by atoms with Crippen molar-refractivity contribution in [2.24, 2.45) is 17.3 Å². The van der Waals surface area contributed by atoms with Crippen LogP contribution in [0.25, 0.3) is 0 Å². The summed E-state index contributed by atoms with van der Waals surface area (Å²) < 4.78 is 1.80. The van der Waals surface area contributed by atoms with E-state index in [0.717, 1.165) is 24.1 Å². The van der Waals surface area contributed by atoms with Gasteiger partial charge in [-0.15, -0.1) is 5.10 Å². The molecule has 1 aromatic heterocycles. The van der Waals surface area contributed by atoms with Crippen LogP contribution in [-0.4, -0.2) is 31.3 Å². The quantitative estimate of drug-likeness (QED) is 0.902. The fraction of sp³-hybridized carbons (Fsp3) is 0.867. The molecule has 2 fully saturated rings. The largest absolute Gasteiger partial charge is 0.481 e. The second-order valence-corrected chi connectivity index (χ2v) is 7.92. The number of carboxylic acid groups (broad SMARTS) is 1. The van der Waals surface area contributed by atoms with Crippen molar-refractivity contribution in [3.05, 3.63) is 5.82 Å². The molecule has 3 atom stereocenters. The van der Waals surface area contributed by atoms with Crippen LogP contribution in [0.2, 0.25) is 0 Å². The number of nitrogens with zero attached hydrogens (tertiary/aromatic N) is 4. The van der Waals surface area contributed by atoms with Crippen LogP contribution in [0.15, 0.2) is 0 Å². The molecule has 1 N–H and O–H groups in total. The maximum Gasteiger partial charge on any atom is 0.305 e. The smallest absolute Gasteiger partial charge is 0.305 e. The molecule has 0 aromatic carbocycles. The van der Waals surface area contributed by atoms with Crippen molar-refractivity contribution in [3.8, 4) is 0 Å². The molecule has 2 aliphatic carbocycles. The molecule has 3 unspecified atom stereocenters. The zero-order chi connectivity index (χ0) is 15.2. The molecular weight excluding hydrogens is 268 g/mol. The molecule has 0 saturated heterocycles. The van der Waals surface area contributed by atoms with E-state index in [1.54, 1.807) is 4.68 Å². The van der Waals surface area contributed by atoms with Gasteiger partial charge >= 0.3 is 5.97 Å². The topological polar surface area (TPSA) is 80.9 Å². The van der Waals surface area contributed by atoms with Crippen molar-refractivity contribution in [1.29, 1.82) is 0 Å². The van der Waals surface area contributed by atoms with E-state index in [2.05, 4.69) is 36.3 Å². The van der Waals surface area contributed by atoms with Gasteiger partial charge < -0.3 is 5.11 Å². The monoisotopic (exact) mass is 292 g/mol. The Hall–Kier alpha value is -1.46. The Labute approximate surface area is 124 Å². The van der Waals surface area contributed by atoms with Gasteiger partial charge in [-0.3, -0.25) is 4.79 Å². The molecule has 2 saturated carbocycles. The molecule has 116 valence electrons. The third-order valence-electron chi connectivity index (χ3n) is 4.73. The van der Waals surface area contributed by atoms with Gasteiger partial charge in [-0.25, -0.2) is 4.68 Å². The lowest BCUT2D eigenvalue weighted by Gasteiger charge is -2.26. The first kappa shape index (κ1) is 14.5. The van der Waals surface area contributed by atoms with Crippen molar-refractivity contribution in [1.82, 2.24) is 20.2 Å². The second-order valence-electron chi connectivity index (χ2n) is 7.92. The average molecular weight is 292 g/mol. The summed E-state index contributed by atoms with van der Waals surface area (Å²) in [6, 6.07) is -0.163. The Balaban J connectivity index is 1.81. The number of fused-ring (bicyclic) bond motifs is 1. The minimum Gasteiger partial charge on any atom is -0.481 e. The van der Waals surface area contributed by atoms with Crippen molar-refractivity contribution < 1.29 is 9.90 Å². The summed E-state index contributed by atoms with van der Waals surface area (Å²) in [4.78, 5) is 11.2. The lowest BCUT2D eigenvalue weighted by atomic mass is 9.86. The summed E-state index contributed by atoms with van der Waals surface area (Å²) in [6.07, 6.45) is 4.53. The van der Waals surface area contributed by atoms with E-state index in [1.807, 2.05) is 0 Å². The van der Waals surface area contributed by atoms with E-state index in [-0.39, 0.29) is 17.9 Å². The van der Waals surface area contributed by atoms with Crippen molar-refractivity contribution in [2.45, 2.75) is 64.8 Å². The van der Waals surface area contributed by atoms with E-state index in [1.165, 1.54) is 19.3 Å². The Morgan fingerprint density at radius 3 is 2.57 bits per heavy atom. The Kier molecular flexibility index (Phi) is 3.50. The highest BCUT2D eigenvalue weighted by molar-refractivity contribution is 5.67. The molecule has 1 aromatic rings. The minimum absolute atomic E-state index is 0.0428. The van der Waals surface area contributed by atoms with Gasteiger partial charge in [0, 0.05) is 5.92 Å². The average Bonchev–Trinajstić information content (AvgIpc) is 2.79. The number of aromatic nitrogens is 4. The lowest BCUT2D eigenvalue weighted by Crippen LogP contribution is -2.23. The van der Waals surface area contributed by atoms with Gasteiger partial charge in [-0.2, -0.15) is 0 Å². The predicted octanol–water partition coefficient (Wildman–Crippen LogP) is 2.64. The van der Waals surface area contributed by atoms with E-state index in [0.29, 0.717) is 5.92 Å². The van der Waals surface area contributed by atoms with Crippen LogP contribution >= 0.6 is 0 Å². The molecule has 0 aliphatic heterocycles. The summed E-state index contributed by atoms with van der Waals surface area (Å²) >= 11 is 0. The van der Waals surface area contributed by atoms with Gasteiger partial charge in [0.05, 0.1) is 12.5 Å². The van der Waals surface area contributed by atoms with Crippen LogP contribution < -0.4 is 0 Å². The van der Waals surface area contributed by atoms with E-state index in [9.17, 15) is 9.90 Å². The van der Waals surface area contributed by atoms with E-state index in [4.69, 9.17) is 0 Å². The first-order valence-electron chi connectivity index (χ1n) is 7.83. The van der Waals surface area contributed by atoms with Crippen molar-refractivity contribution in [3.63, 3.8) is 0 Å². The van der Waals surface area contributed by atoms with Crippen molar-refractivity contribution >= 4 is 5.97 Å². The predicted molar refractivity (Wildman–Crippen MR) is 76.8 cm³/mol. The highest BCUT2D eigenvalue weighted by atomic mass is 16.4. The molecule has 3 rings (SSSR count). The van der Waals surface area contributed by atoms with Gasteiger partial charge in [-0.05, 0) is 53.4 Å². The number of aliphatic carboxylic acids is 1. The summed E-state index contributed by atoms with van der Waals surface area (Å²) in [5.74, 6) is 2.25. The Bertz CT molecular complexity index is 524. The third-order valence-corrected chi connectivity index (χ3v) is 4.73. The number of hydrogen-bond donors (Lipinski definition) is 1. The van der Waals surface area contributed by atoms with Crippen LogP contribution in [0.1, 0.15) is 70.7 Å². The number of carboxylic acids is 1. The van der Waals surface area contributed by atoms with Crippen LogP contribution in [-0.2, 0) is 4.79 Å². The molecule has 0 bridgehead atoms. The Morgan fingerprint density at radius 1 is 1.33 bits per heavy atom. The van der Waals surface area contributed by atoms with Crippen molar-refractivity contribution in [2.75, 3.05) is 0 Å². The number of tetrazole rings is 1. The standard InChI is InChI=1S/C15H24N4O2/c1-15(2,3)8-12(7-13(20)21)19-14(16-17-18-19)11-5-9-4-10(9)6-11/h9-12H,4-8H2,1-3H3,(H,20,21). The third kappa shape index (κ3) is 3.24. The summed E-state index contributed by atoms with van der Waals surface area (Å²) in [5, 5.41) is 21.4. The van der Waals surface area contributed by atoms with Gasteiger partial charge in [0.25, 0.3) is 0 Å². The highest BCUT2D eigenvalue weighted by Gasteiger charge is 2.48. The zero-order valence-corrected chi connectivity index (χ0v) is 13.0. The summed E-state index contributed by atoms with van der Waals surface area (Å²) in [7, 11) is 0. The maximum absolute atomic E-state index is 11.2. The van der Waals surface area contributed by atoms with Crippen LogP contribution in [0.5, 0.6) is 0 Å². The number of hydrogen-bond acceptors (Lipinski definition) is 4. The molecule has 0 radical (unpaired) electrons. The first-order chi connectivity index (χ1) is 9.83. The minimum atomic E-state index is -0.792. The van der Waals surface area contributed by atoms with E-state index < -0.39 is 5.97 Å². The molecular formula is C15H24N4O2. The lowest BCUT2D eigenvalue weighted by molar-refractivity contribution is -0.138. The van der Waals surface area contributed by atoms with Gasteiger partial charge in [0.15, 0.2) is 5.82 Å². The molecule has 0 spiro atoms. The molecule has 21 heavy (non-hydrogen) atoms. The zero-order valence-electron chi connectivity index (χ0n) is 13.0. The highest BCUT2D eigenvalue weighted by Crippen LogP contribution is 2.57. The molecule has 0 amide bonds. The number of rotatable bonds is 5. The molecule has 6 heteroatoms. The van der Waals surface area contributed by atoms with Gasteiger partial charge in [0.2, 0.25) is 0 Å². The maximum atomic E-state index is 11.2. The molecule has 1 heterocycles. The first-order valence-corrected chi connectivity index (χ1v) is 7.83. The second kappa shape index (κ2) is 5.07. The number of carbonyl (C=O) groups is 1. The Morgan fingerprint density at radius 2 is 2.00 bits per heavy atom. The summed E-state index contributed by atoms with van der Waals surface area (Å²) in [6.45, 7) is 6.36. The van der Waals surface area contributed by atoms with Crippen LogP contribution in [0.3, 0.4) is 0 Å². The van der Waals surface area contributed by atoms with Gasteiger partial charge in [0.1, 0.15) is 0 Å². The van der Waals surface area contributed by atoms with E-state index >= 15 is 0 Å². The SMILES string of the molecule is CC(C)(C)CC(CC(=O)O)n1nnnc1C1CC2CC2C1. The fourth-order valence-electron chi connectivity index (χ4n) is 3.81. The molecule has 2 aliphatic rings. The van der Waals surface area contributed by atoms with Crippen LogP contribution in [0, 0.1) is 17.3 Å². The molecule has 6 nitrogen and oxygen atoms in total. The van der Waals surface area contributed by atoms with Gasteiger partial charge in [-0.1, -0.05) is 20.8 Å². The summed E-state index contributed by atoms with van der Waals surface area (Å²) in [5.41, 5.74) is 0.0428. The fourth-order valence-corrected chi connectivity index (χ4v) is 3.81. The normalized spacial score (nSPS) is 29.2.